The predicted molar refractivity (Wildman–Crippen MR) is 107 cm³/mol. The molecule has 1 amide bonds. The molecule has 8 nitrogen and oxygen atoms in total. The standard InChI is InChI=1S/C20H16ClF3N2O6/c21-15-8-7-13(20(22,23)24)10-16(15)25-18(28)5-2-6-19(29)32-11-17(27)12-3-1-4-14(9-12)26(30)31/h1,3-4,7-10H,2,5-6,11H2,(H,25,28). The average Bonchev–Trinajstić information content (AvgIpc) is 2.72. The van der Waals surface area contributed by atoms with E-state index < -0.39 is 40.9 Å². The number of rotatable bonds is 9. The number of ketones is 1. The summed E-state index contributed by atoms with van der Waals surface area (Å²) in [5.74, 6) is -2.08. The number of benzene rings is 2. The Labute approximate surface area is 184 Å². The molecule has 1 N–H and O–H groups in total. The molecule has 0 bridgehead atoms. The van der Waals surface area contributed by atoms with Crippen LogP contribution in [-0.4, -0.2) is 29.2 Å². The summed E-state index contributed by atoms with van der Waals surface area (Å²) in [5.41, 5.74) is -1.47. The number of halogens is 4. The van der Waals surface area contributed by atoms with E-state index in [-0.39, 0.29) is 41.2 Å². The van der Waals surface area contributed by atoms with Crippen molar-refractivity contribution in [2.75, 3.05) is 11.9 Å². The number of nitrogens with one attached hydrogen (secondary N) is 1. The minimum absolute atomic E-state index is 0.00402. The number of non-ortho nitro benzene ring substituents is 1. The highest BCUT2D eigenvalue weighted by Crippen LogP contribution is 2.33. The number of nitrogens with zero attached hydrogens (tertiary/aromatic N) is 1. The third-order valence-electron chi connectivity index (χ3n) is 4.10. The molecule has 0 saturated carbocycles. The van der Waals surface area contributed by atoms with Gasteiger partial charge in [-0.15, -0.1) is 0 Å². The number of carbonyl (C=O) groups excluding carboxylic acids is 3. The molecular formula is C20H16ClF3N2O6. The summed E-state index contributed by atoms with van der Waals surface area (Å²) in [7, 11) is 0. The van der Waals surface area contributed by atoms with E-state index in [0.717, 1.165) is 18.2 Å². The molecule has 0 heterocycles. The monoisotopic (exact) mass is 472 g/mol. The van der Waals surface area contributed by atoms with Crippen LogP contribution in [0.3, 0.4) is 0 Å². The quantitative estimate of drug-likeness (QED) is 0.242. The van der Waals surface area contributed by atoms with Crippen molar-refractivity contribution in [3.8, 4) is 0 Å². The zero-order valence-electron chi connectivity index (χ0n) is 16.3. The molecular weight excluding hydrogens is 457 g/mol. The summed E-state index contributed by atoms with van der Waals surface area (Å²) in [6.07, 6.45) is -5.03. The van der Waals surface area contributed by atoms with Gasteiger partial charge in [-0.25, -0.2) is 0 Å². The van der Waals surface area contributed by atoms with Gasteiger partial charge >= 0.3 is 12.1 Å². The lowest BCUT2D eigenvalue weighted by molar-refractivity contribution is -0.384. The first-order valence-corrected chi connectivity index (χ1v) is 9.45. The summed E-state index contributed by atoms with van der Waals surface area (Å²) in [6.45, 7) is -0.633. The minimum Gasteiger partial charge on any atom is -0.457 e. The van der Waals surface area contributed by atoms with Crippen molar-refractivity contribution in [1.82, 2.24) is 0 Å². The Bertz CT molecular complexity index is 1040. The van der Waals surface area contributed by atoms with Gasteiger partial charge < -0.3 is 10.1 Å². The van der Waals surface area contributed by atoms with Crippen LogP contribution in [0.4, 0.5) is 24.5 Å². The van der Waals surface area contributed by atoms with Crippen molar-refractivity contribution in [1.29, 1.82) is 0 Å². The van der Waals surface area contributed by atoms with Crippen LogP contribution in [0.2, 0.25) is 5.02 Å². The van der Waals surface area contributed by atoms with Crippen LogP contribution >= 0.6 is 11.6 Å². The molecule has 0 aliphatic carbocycles. The van der Waals surface area contributed by atoms with Crippen LogP contribution in [0.15, 0.2) is 42.5 Å². The lowest BCUT2D eigenvalue weighted by Crippen LogP contribution is -2.16. The fourth-order valence-electron chi connectivity index (χ4n) is 2.50. The third-order valence-corrected chi connectivity index (χ3v) is 4.43. The van der Waals surface area contributed by atoms with E-state index in [1.807, 2.05) is 0 Å². The number of amides is 1. The summed E-state index contributed by atoms with van der Waals surface area (Å²) in [4.78, 5) is 45.7. The number of ether oxygens (including phenoxy) is 1. The van der Waals surface area contributed by atoms with Crippen LogP contribution in [-0.2, 0) is 20.5 Å². The lowest BCUT2D eigenvalue weighted by atomic mass is 10.1. The van der Waals surface area contributed by atoms with E-state index in [4.69, 9.17) is 16.3 Å². The second-order valence-corrected chi connectivity index (χ2v) is 6.89. The van der Waals surface area contributed by atoms with Gasteiger partial charge in [0.05, 0.1) is 21.2 Å². The van der Waals surface area contributed by atoms with Crippen molar-refractivity contribution >= 4 is 40.6 Å². The van der Waals surface area contributed by atoms with Gasteiger partial charge in [-0.2, -0.15) is 13.2 Å². The summed E-state index contributed by atoms with van der Waals surface area (Å²) >= 11 is 5.80. The molecule has 0 unspecified atom stereocenters. The lowest BCUT2D eigenvalue weighted by Gasteiger charge is -2.11. The van der Waals surface area contributed by atoms with E-state index in [9.17, 15) is 37.7 Å². The number of esters is 1. The molecule has 0 spiro atoms. The van der Waals surface area contributed by atoms with Crippen molar-refractivity contribution < 1.29 is 37.2 Å². The third kappa shape index (κ3) is 7.34. The number of hydrogen-bond donors (Lipinski definition) is 1. The fraction of sp³-hybridized carbons (Fsp3) is 0.250. The molecule has 0 aliphatic rings. The first-order valence-electron chi connectivity index (χ1n) is 9.07. The summed E-state index contributed by atoms with van der Waals surface area (Å²) in [5, 5.41) is 12.9. The normalized spacial score (nSPS) is 11.0. The Morgan fingerprint density at radius 3 is 2.47 bits per heavy atom. The largest absolute Gasteiger partial charge is 0.457 e. The predicted octanol–water partition coefficient (Wildman–Crippen LogP) is 4.80. The SMILES string of the molecule is O=C(CCCC(=O)OCC(=O)c1cccc([N+](=O)[O-])c1)Nc1cc(C(F)(F)F)ccc1Cl. The molecule has 170 valence electrons. The number of nitro groups is 1. The van der Waals surface area contributed by atoms with Gasteiger partial charge in [-0.1, -0.05) is 23.7 Å². The van der Waals surface area contributed by atoms with E-state index in [2.05, 4.69) is 5.32 Å². The number of alkyl halides is 3. The van der Waals surface area contributed by atoms with Gasteiger partial charge in [0.1, 0.15) is 0 Å². The zero-order chi connectivity index (χ0) is 23.9. The maximum atomic E-state index is 12.8. The molecule has 0 saturated heterocycles. The number of carbonyl (C=O) groups is 3. The first kappa shape index (κ1) is 24.8. The van der Waals surface area contributed by atoms with Gasteiger partial charge in [-0.3, -0.25) is 24.5 Å². The van der Waals surface area contributed by atoms with E-state index in [0.29, 0.717) is 6.07 Å². The first-order chi connectivity index (χ1) is 15.0. The molecule has 2 aromatic carbocycles. The smallest absolute Gasteiger partial charge is 0.416 e. The Morgan fingerprint density at radius 1 is 1.09 bits per heavy atom. The van der Waals surface area contributed by atoms with Crippen LogP contribution in [0.1, 0.15) is 35.2 Å². The van der Waals surface area contributed by atoms with Crippen LogP contribution in [0, 0.1) is 10.1 Å². The topological polar surface area (TPSA) is 116 Å². The number of hydrogen-bond acceptors (Lipinski definition) is 6. The number of nitro benzene ring substituents is 1. The highest BCUT2D eigenvalue weighted by atomic mass is 35.5. The van der Waals surface area contributed by atoms with Gasteiger partial charge in [0.15, 0.2) is 6.61 Å². The Morgan fingerprint density at radius 2 is 1.81 bits per heavy atom. The van der Waals surface area contributed by atoms with Crippen molar-refractivity contribution in [3.05, 3.63) is 68.7 Å². The molecule has 2 aromatic rings. The zero-order valence-corrected chi connectivity index (χ0v) is 17.0. The Balaban J connectivity index is 1.78. The average molecular weight is 473 g/mol. The van der Waals surface area contributed by atoms with E-state index in [1.54, 1.807) is 0 Å². The minimum atomic E-state index is -4.60. The molecule has 0 atom stereocenters. The van der Waals surface area contributed by atoms with E-state index in [1.165, 1.54) is 18.2 Å². The molecule has 0 aromatic heterocycles. The number of Topliss-reactive ketones (excluding diaryl/α,β-unsaturated/α-hetero) is 1. The highest BCUT2D eigenvalue weighted by molar-refractivity contribution is 6.33. The summed E-state index contributed by atoms with van der Waals surface area (Å²) in [6, 6.07) is 7.42. The Kier molecular flexibility index (Phi) is 8.30. The fourth-order valence-corrected chi connectivity index (χ4v) is 2.66. The van der Waals surface area contributed by atoms with Gasteiger partial charge in [0.25, 0.3) is 5.69 Å². The summed E-state index contributed by atoms with van der Waals surface area (Å²) < 4.78 is 43.1. The van der Waals surface area contributed by atoms with Crippen molar-refractivity contribution in [3.63, 3.8) is 0 Å². The molecule has 0 fully saturated rings. The maximum Gasteiger partial charge on any atom is 0.416 e. The van der Waals surface area contributed by atoms with Crippen LogP contribution in [0.25, 0.3) is 0 Å². The van der Waals surface area contributed by atoms with E-state index >= 15 is 0 Å². The molecule has 0 aliphatic heterocycles. The molecule has 12 heteroatoms. The maximum absolute atomic E-state index is 12.8. The highest BCUT2D eigenvalue weighted by Gasteiger charge is 2.31. The van der Waals surface area contributed by atoms with Gasteiger partial charge in [0, 0.05) is 30.5 Å². The second kappa shape index (κ2) is 10.7. The van der Waals surface area contributed by atoms with Gasteiger partial charge in [0.2, 0.25) is 11.7 Å². The Hall–Kier alpha value is -3.47. The van der Waals surface area contributed by atoms with Crippen LogP contribution in [0.5, 0.6) is 0 Å². The molecule has 32 heavy (non-hydrogen) atoms. The van der Waals surface area contributed by atoms with Crippen LogP contribution < -0.4 is 5.32 Å². The number of anilines is 1. The van der Waals surface area contributed by atoms with Gasteiger partial charge in [-0.05, 0) is 24.6 Å². The van der Waals surface area contributed by atoms with Crippen molar-refractivity contribution in [2.45, 2.75) is 25.4 Å². The van der Waals surface area contributed by atoms with Crippen molar-refractivity contribution in [2.24, 2.45) is 0 Å². The second-order valence-electron chi connectivity index (χ2n) is 6.49. The molecule has 0 radical (unpaired) electrons. The molecule has 2 rings (SSSR count).